The van der Waals surface area contributed by atoms with Crippen LogP contribution in [0.15, 0.2) is 54.7 Å². The van der Waals surface area contributed by atoms with Crippen LogP contribution in [0, 0.1) is 12.8 Å². The molecule has 1 heterocycles. The first-order valence-electron chi connectivity index (χ1n) is 8.64. The molecule has 2 aromatic carbocycles. The number of aromatic nitrogens is 3. The lowest BCUT2D eigenvalue weighted by atomic mass is 10.0. The number of rotatable bonds is 6. The molecule has 1 unspecified atom stereocenters. The van der Waals surface area contributed by atoms with E-state index in [0.29, 0.717) is 18.0 Å². The summed E-state index contributed by atoms with van der Waals surface area (Å²) in [7, 11) is 0. The predicted octanol–water partition coefficient (Wildman–Crippen LogP) is 3.10. The van der Waals surface area contributed by atoms with Crippen LogP contribution in [0.4, 0.5) is 5.69 Å². The normalized spacial score (nSPS) is 12.0. The van der Waals surface area contributed by atoms with E-state index >= 15 is 0 Å². The van der Waals surface area contributed by atoms with Gasteiger partial charge in [0.1, 0.15) is 5.69 Å². The van der Waals surface area contributed by atoms with Crippen molar-refractivity contribution in [2.45, 2.75) is 20.4 Å². The fourth-order valence-corrected chi connectivity index (χ4v) is 2.66. The van der Waals surface area contributed by atoms with Crippen LogP contribution in [-0.2, 0) is 6.54 Å². The van der Waals surface area contributed by atoms with Crippen molar-refractivity contribution in [1.82, 2.24) is 15.0 Å². The van der Waals surface area contributed by atoms with Gasteiger partial charge in [0.15, 0.2) is 0 Å². The van der Waals surface area contributed by atoms with Crippen molar-refractivity contribution in [3.05, 3.63) is 65.9 Å². The van der Waals surface area contributed by atoms with Crippen molar-refractivity contribution in [2.24, 2.45) is 11.7 Å². The maximum absolute atomic E-state index is 12.6. The molecule has 0 saturated heterocycles. The molecule has 6 nitrogen and oxygen atoms in total. The van der Waals surface area contributed by atoms with Crippen molar-refractivity contribution in [2.75, 3.05) is 11.9 Å². The quantitative estimate of drug-likeness (QED) is 0.716. The van der Waals surface area contributed by atoms with Crippen molar-refractivity contribution >= 4 is 11.6 Å². The van der Waals surface area contributed by atoms with Gasteiger partial charge in [0.2, 0.25) is 0 Å². The van der Waals surface area contributed by atoms with E-state index in [1.165, 1.54) is 0 Å². The Morgan fingerprint density at radius 2 is 2.00 bits per heavy atom. The summed E-state index contributed by atoms with van der Waals surface area (Å²) in [6, 6.07) is 15.2. The second-order valence-corrected chi connectivity index (χ2v) is 6.52. The number of aryl methyl sites for hydroxylation is 1. The zero-order valence-corrected chi connectivity index (χ0v) is 15.0. The van der Waals surface area contributed by atoms with Gasteiger partial charge in [-0.15, -0.1) is 5.10 Å². The first kappa shape index (κ1) is 17.8. The van der Waals surface area contributed by atoms with Crippen LogP contribution in [0.25, 0.3) is 11.3 Å². The lowest BCUT2D eigenvalue weighted by Gasteiger charge is -2.09. The third-order valence-corrected chi connectivity index (χ3v) is 4.25. The first-order valence-corrected chi connectivity index (χ1v) is 8.64. The van der Waals surface area contributed by atoms with Gasteiger partial charge in [0, 0.05) is 23.4 Å². The standard InChI is InChI=1S/C20H23N5O/c1-14(11-21)12-25-13-19(23-24-25)16-9-8-15(2)18(10-16)20(26)22-17-6-4-3-5-7-17/h3-10,13-14H,11-12,21H2,1-2H3,(H,22,26). The molecular formula is C20H23N5O. The number of amides is 1. The Morgan fingerprint density at radius 3 is 2.73 bits per heavy atom. The smallest absolute Gasteiger partial charge is 0.255 e. The van der Waals surface area contributed by atoms with Gasteiger partial charge in [-0.05, 0) is 43.1 Å². The Labute approximate surface area is 153 Å². The maximum atomic E-state index is 12.6. The summed E-state index contributed by atoms with van der Waals surface area (Å²) in [5.74, 6) is 0.189. The lowest BCUT2D eigenvalue weighted by Crippen LogP contribution is -2.17. The highest BCUT2D eigenvalue weighted by Crippen LogP contribution is 2.21. The molecule has 0 aliphatic carbocycles. The van der Waals surface area contributed by atoms with Crippen molar-refractivity contribution < 1.29 is 4.79 Å². The molecule has 3 N–H and O–H groups in total. The maximum Gasteiger partial charge on any atom is 0.255 e. The molecule has 0 fully saturated rings. The third-order valence-electron chi connectivity index (χ3n) is 4.25. The summed E-state index contributed by atoms with van der Waals surface area (Å²) in [6.45, 7) is 5.31. The van der Waals surface area contributed by atoms with Crippen molar-refractivity contribution in [1.29, 1.82) is 0 Å². The molecule has 1 atom stereocenters. The van der Waals surface area contributed by atoms with Crippen molar-refractivity contribution in [3.8, 4) is 11.3 Å². The van der Waals surface area contributed by atoms with Gasteiger partial charge in [-0.2, -0.15) is 0 Å². The number of para-hydroxylation sites is 1. The summed E-state index contributed by atoms with van der Waals surface area (Å²) < 4.78 is 1.79. The zero-order valence-electron chi connectivity index (χ0n) is 15.0. The number of nitrogens with zero attached hydrogens (tertiary/aromatic N) is 3. The van der Waals surface area contributed by atoms with E-state index in [2.05, 4.69) is 22.6 Å². The molecule has 0 aliphatic heterocycles. The van der Waals surface area contributed by atoms with Crippen LogP contribution >= 0.6 is 0 Å². The van der Waals surface area contributed by atoms with E-state index in [4.69, 9.17) is 5.73 Å². The largest absolute Gasteiger partial charge is 0.330 e. The molecule has 1 aromatic heterocycles. The number of carbonyl (C=O) groups excluding carboxylic acids is 1. The van der Waals surface area contributed by atoms with Crippen LogP contribution in [0.2, 0.25) is 0 Å². The Kier molecular flexibility index (Phi) is 5.43. The summed E-state index contributed by atoms with van der Waals surface area (Å²) >= 11 is 0. The topological polar surface area (TPSA) is 85.8 Å². The lowest BCUT2D eigenvalue weighted by molar-refractivity contribution is 0.102. The van der Waals surface area contributed by atoms with Gasteiger partial charge >= 0.3 is 0 Å². The van der Waals surface area contributed by atoms with E-state index in [-0.39, 0.29) is 5.91 Å². The monoisotopic (exact) mass is 349 g/mol. The molecule has 6 heteroatoms. The molecular weight excluding hydrogens is 326 g/mol. The number of carbonyl (C=O) groups is 1. The summed E-state index contributed by atoms with van der Waals surface area (Å²) in [4.78, 5) is 12.6. The molecule has 26 heavy (non-hydrogen) atoms. The summed E-state index contributed by atoms with van der Waals surface area (Å²) in [5, 5.41) is 11.3. The second-order valence-electron chi connectivity index (χ2n) is 6.52. The highest BCUT2D eigenvalue weighted by atomic mass is 16.1. The van der Waals surface area contributed by atoms with Crippen LogP contribution in [0.3, 0.4) is 0 Å². The van der Waals surface area contributed by atoms with E-state index in [9.17, 15) is 4.79 Å². The van der Waals surface area contributed by atoms with E-state index in [0.717, 1.165) is 29.1 Å². The summed E-state index contributed by atoms with van der Waals surface area (Å²) in [5.41, 5.74) is 9.56. The van der Waals surface area contributed by atoms with E-state index < -0.39 is 0 Å². The molecule has 1 amide bonds. The minimum atomic E-state index is -0.139. The molecule has 0 aliphatic rings. The number of nitrogens with two attached hydrogens (primary N) is 1. The molecule has 3 rings (SSSR count). The minimum absolute atomic E-state index is 0.139. The number of benzene rings is 2. The van der Waals surface area contributed by atoms with Gasteiger partial charge in [-0.3, -0.25) is 9.48 Å². The first-order chi connectivity index (χ1) is 12.6. The molecule has 0 spiro atoms. The van der Waals surface area contributed by atoms with Crippen LogP contribution in [-0.4, -0.2) is 27.4 Å². The average Bonchev–Trinajstić information content (AvgIpc) is 3.11. The Morgan fingerprint density at radius 1 is 1.23 bits per heavy atom. The molecule has 0 saturated carbocycles. The van der Waals surface area contributed by atoms with Gasteiger partial charge in [0.25, 0.3) is 5.91 Å². The molecule has 0 bridgehead atoms. The van der Waals surface area contributed by atoms with Crippen LogP contribution in [0.1, 0.15) is 22.8 Å². The number of nitrogens with one attached hydrogen (secondary N) is 1. The highest BCUT2D eigenvalue weighted by molar-refractivity contribution is 6.05. The molecule has 3 aromatic rings. The highest BCUT2D eigenvalue weighted by Gasteiger charge is 2.13. The zero-order chi connectivity index (χ0) is 18.5. The van der Waals surface area contributed by atoms with E-state index in [1.807, 2.05) is 61.7 Å². The molecule has 0 radical (unpaired) electrons. The fraction of sp³-hybridized carbons (Fsp3) is 0.250. The Balaban J connectivity index is 1.82. The molecule has 134 valence electrons. The third kappa shape index (κ3) is 4.15. The van der Waals surface area contributed by atoms with Gasteiger partial charge in [-0.25, -0.2) is 0 Å². The average molecular weight is 349 g/mol. The Hall–Kier alpha value is -2.99. The number of hydrogen-bond acceptors (Lipinski definition) is 4. The second kappa shape index (κ2) is 7.93. The minimum Gasteiger partial charge on any atom is -0.330 e. The fourth-order valence-electron chi connectivity index (χ4n) is 2.66. The van der Waals surface area contributed by atoms with Crippen LogP contribution in [0.5, 0.6) is 0 Å². The number of anilines is 1. The van der Waals surface area contributed by atoms with Gasteiger partial charge in [-0.1, -0.05) is 42.5 Å². The summed E-state index contributed by atoms with van der Waals surface area (Å²) in [6.07, 6.45) is 1.88. The van der Waals surface area contributed by atoms with Gasteiger partial charge in [0.05, 0.1) is 6.20 Å². The van der Waals surface area contributed by atoms with E-state index in [1.54, 1.807) is 4.68 Å². The Bertz CT molecular complexity index is 888. The number of hydrogen-bond donors (Lipinski definition) is 2. The van der Waals surface area contributed by atoms with Crippen molar-refractivity contribution in [3.63, 3.8) is 0 Å². The van der Waals surface area contributed by atoms with Gasteiger partial charge < -0.3 is 11.1 Å². The SMILES string of the molecule is Cc1ccc(-c2cn(CC(C)CN)nn2)cc1C(=O)Nc1ccccc1. The van der Waals surface area contributed by atoms with Crippen LogP contribution < -0.4 is 11.1 Å². The predicted molar refractivity (Wildman–Crippen MR) is 103 cm³/mol.